The number of rotatable bonds is 2. The Bertz CT molecular complexity index is 618. The molecule has 19 heavy (non-hydrogen) atoms. The second-order valence-electron chi connectivity index (χ2n) is 4.09. The number of nitrogens with two attached hydrogens (primary N) is 1. The molecule has 2 aromatic rings. The fourth-order valence-electron chi connectivity index (χ4n) is 1.83. The van der Waals surface area contributed by atoms with E-state index >= 15 is 0 Å². The predicted molar refractivity (Wildman–Crippen MR) is 80.1 cm³/mol. The van der Waals surface area contributed by atoms with Gasteiger partial charge in [-0.25, -0.2) is 0 Å². The molecule has 5 heteroatoms. The molecule has 0 saturated heterocycles. The van der Waals surface area contributed by atoms with Crippen molar-refractivity contribution in [2.45, 2.75) is 9.79 Å². The molecular formula is C14H12BrNO2S. The minimum Gasteiger partial charge on any atom is -0.486 e. The van der Waals surface area contributed by atoms with Crippen molar-refractivity contribution in [3.63, 3.8) is 0 Å². The maximum Gasteiger partial charge on any atom is 0.163 e. The first-order valence-corrected chi connectivity index (χ1v) is 7.46. The first kappa shape index (κ1) is 12.7. The van der Waals surface area contributed by atoms with Crippen LogP contribution in [0.2, 0.25) is 0 Å². The van der Waals surface area contributed by atoms with E-state index in [4.69, 9.17) is 15.2 Å². The number of hydrogen-bond acceptors (Lipinski definition) is 4. The molecule has 0 aromatic heterocycles. The van der Waals surface area contributed by atoms with Gasteiger partial charge in [-0.05, 0) is 18.2 Å². The molecule has 3 nitrogen and oxygen atoms in total. The summed E-state index contributed by atoms with van der Waals surface area (Å²) in [6, 6.07) is 11.9. The number of ether oxygens (including phenoxy) is 2. The van der Waals surface area contributed by atoms with E-state index < -0.39 is 0 Å². The summed E-state index contributed by atoms with van der Waals surface area (Å²) < 4.78 is 12.1. The van der Waals surface area contributed by atoms with E-state index in [-0.39, 0.29) is 0 Å². The minimum atomic E-state index is 0.574. The van der Waals surface area contributed by atoms with Crippen molar-refractivity contribution in [2.75, 3.05) is 18.9 Å². The maximum atomic E-state index is 6.06. The van der Waals surface area contributed by atoms with Crippen LogP contribution < -0.4 is 15.2 Å². The SMILES string of the molecule is Nc1cc2c(cc1Sc1cccc(Br)c1)OCCO2. The lowest BCUT2D eigenvalue weighted by atomic mass is 10.2. The zero-order valence-corrected chi connectivity index (χ0v) is 12.5. The molecule has 0 saturated carbocycles. The Hall–Kier alpha value is -1.33. The lowest BCUT2D eigenvalue weighted by Crippen LogP contribution is -2.15. The molecule has 0 bridgehead atoms. The topological polar surface area (TPSA) is 44.5 Å². The Morgan fingerprint density at radius 1 is 1.05 bits per heavy atom. The predicted octanol–water partition coefficient (Wildman–Crippen LogP) is 3.95. The van der Waals surface area contributed by atoms with Gasteiger partial charge in [0.1, 0.15) is 13.2 Å². The van der Waals surface area contributed by atoms with Gasteiger partial charge in [-0.15, -0.1) is 0 Å². The first-order chi connectivity index (χ1) is 9.22. The molecule has 98 valence electrons. The van der Waals surface area contributed by atoms with E-state index in [0.717, 1.165) is 25.8 Å². The van der Waals surface area contributed by atoms with Crippen LogP contribution in [-0.4, -0.2) is 13.2 Å². The summed E-state index contributed by atoms with van der Waals surface area (Å²) in [5.41, 5.74) is 6.77. The van der Waals surface area contributed by atoms with Gasteiger partial charge in [0.15, 0.2) is 11.5 Å². The molecule has 0 radical (unpaired) electrons. The fraction of sp³-hybridized carbons (Fsp3) is 0.143. The quantitative estimate of drug-likeness (QED) is 0.842. The van der Waals surface area contributed by atoms with Crippen molar-refractivity contribution in [1.29, 1.82) is 0 Å². The van der Waals surface area contributed by atoms with E-state index in [1.165, 1.54) is 0 Å². The third kappa shape index (κ3) is 2.82. The van der Waals surface area contributed by atoms with Gasteiger partial charge in [-0.3, -0.25) is 0 Å². The molecule has 2 N–H and O–H groups in total. The van der Waals surface area contributed by atoms with Crippen LogP contribution in [0.25, 0.3) is 0 Å². The molecule has 0 fully saturated rings. The van der Waals surface area contributed by atoms with Crippen LogP contribution in [0.4, 0.5) is 5.69 Å². The molecule has 0 aliphatic carbocycles. The highest BCUT2D eigenvalue weighted by atomic mass is 79.9. The molecule has 0 amide bonds. The van der Waals surface area contributed by atoms with E-state index in [1.54, 1.807) is 11.8 Å². The highest BCUT2D eigenvalue weighted by Gasteiger charge is 2.15. The van der Waals surface area contributed by atoms with Crippen molar-refractivity contribution in [3.05, 3.63) is 40.9 Å². The standard InChI is InChI=1S/C14H12BrNO2S/c15-9-2-1-3-10(6-9)19-14-8-13-12(7-11(14)16)17-4-5-18-13/h1-3,6-8H,4-5,16H2. The third-order valence-electron chi connectivity index (χ3n) is 2.70. The average molecular weight is 338 g/mol. The zero-order chi connectivity index (χ0) is 13.2. The van der Waals surface area contributed by atoms with Crippen molar-refractivity contribution >= 4 is 33.4 Å². The van der Waals surface area contributed by atoms with Crippen LogP contribution in [0.1, 0.15) is 0 Å². The zero-order valence-electron chi connectivity index (χ0n) is 10.1. The lowest BCUT2D eigenvalue weighted by molar-refractivity contribution is 0.171. The Kier molecular flexibility index (Phi) is 3.57. The van der Waals surface area contributed by atoms with Gasteiger partial charge in [0, 0.05) is 32.1 Å². The Labute approximate surface area is 124 Å². The fourth-order valence-corrected chi connectivity index (χ4v) is 3.31. The van der Waals surface area contributed by atoms with E-state index in [9.17, 15) is 0 Å². The number of anilines is 1. The maximum absolute atomic E-state index is 6.06. The Morgan fingerprint density at radius 3 is 2.53 bits per heavy atom. The van der Waals surface area contributed by atoms with Gasteiger partial charge in [-0.1, -0.05) is 33.8 Å². The number of benzene rings is 2. The van der Waals surface area contributed by atoms with Gasteiger partial charge in [-0.2, -0.15) is 0 Å². The molecular weight excluding hydrogens is 326 g/mol. The first-order valence-electron chi connectivity index (χ1n) is 5.85. The highest BCUT2D eigenvalue weighted by molar-refractivity contribution is 9.10. The van der Waals surface area contributed by atoms with Gasteiger partial charge >= 0.3 is 0 Å². The summed E-state index contributed by atoms with van der Waals surface area (Å²) in [5.74, 6) is 1.49. The summed E-state index contributed by atoms with van der Waals surface area (Å²) in [4.78, 5) is 2.10. The van der Waals surface area contributed by atoms with Gasteiger partial charge in [0.2, 0.25) is 0 Å². The molecule has 1 aliphatic rings. The van der Waals surface area contributed by atoms with E-state index in [2.05, 4.69) is 22.0 Å². The smallest absolute Gasteiger partial charge is 0.163 e. The number of fused-ring (bicyclic) bond motifs is 1. The van der Waals surface area contributed by atoms with Crippen LogP contribution in [-0.2, 0) is 0 Å². The van der Waals surface area contributed by atoms with Crippen LogP contribution >= 0.6 is 27.7 Å². The molecule has 2 aromatic carbocycles. The van der Waals surface area contributed by atoms with Crippen LogP contribution in [0.15, 0.2) is 50.7 Å². The second-order valence-corrected chi connectivity index (χ2v) is 6.12. The largest absolute Gasteiger partial charge is 0.486 e. The molecule has 1 heterocycles. The summed E-state index contributed by atoms with van der Waals surface area (Å²) in [6.07, 6.45) is 0. The Morgan fingerprint density at radius 2 is 1.79 bits per heavy atom. The van der Waals surface area contributed by atoms with Crippen molar-refractivity contribution in [2.24, 2.45) is 0 Å². The third-order valence-corrected chi connectivity index (χ3v) is 4.25. The molecule has 3 rings (SSSR count). The molecule has 1 aliphatic heterocycles. The molecule has 0 atom stereocenters. The van der Waals surface area contributed by atoms with Gasteiger partial charge in [0.25, 0.3) is 0 Å². The van der Waals surface area contributed by atoms with Crippen molar-refractivity contribution in [3.8, 4) is 11.5 Å². The summed E-state index contributed by atoms with van der Waals surface area (Å²) in [6.45, 7) is 1.16. The van der Waals surface area contributed by atoms with Gasteiger partial charge < -0.3 is 15.2 Å². The normalized spacial score (nSPS) is 13.3. The number of halogens is 1. The average Bonchev–Trinajstić information content (AvgIpc) is 2.40. The number of nitrogen functional groups attached to an aromatic ring is 1. The van der Waals surface area contributed by atoms with Crippen LogP contribution in [0, 0.1) is 0 Å². The van der Waals surface area contributed by atoms with Crippen LogP contribution in [0.3, 0.4) is 0 Å². The summed E-state index contributed by atoms with van der Waals surface area (Å²) in [5, 5.41) is 0. The monoisotopic (exact) mass is 337 g/mol. The highest BCUT2D eigenvalue weighted by Crippen LogP contribution is 2.41. The van der Waals surface area contributed by atoms with Crippen LogP contribution in [0.5, 0.6) is 11.5 Å². The summed E-state index contributed by atoms with van der Waals surface area (Å²) in [7, 11) is 0. The summed E-state index contributed by atoms with van der Waals surface area (Å²) >= 11 is 5.08. The number of hydrogen-bond donors (Lipinski definition) is 1. The van der Waals surface area contributed by atoms with Crippen molar-refractivity contribution in [1.82, 2.24) is 0 Å². The molecule has 0 spiro atoms. The van der Waals surface area contributed by atoms with E-state index in [0.29, 0.717) is 18.9 Å². The molecule has 0 unspecified atom stereocenters. The van der Waals surface area contributed by atoms with Crippen molar-refractivity contribution < 1.29 is 9.47 Å². The minimum absolute atomic E-state index is 0.574. The van der Waals surface area contributed by atoms with Gasteiger partial charge in [0.05, 0.1) is 0 Å². The van der Waals surface area contributed by atoms with E-state index in [1.807, 2.05) is 30.3 Å². The second kappa shape index (κ2) is 5.35. The Balaban J connectivity index is 1.92. The lowest BCUT2D eigenvalue weighted by Gasteiger charge is -2.20.